The van der Waals surface area contributed by atoms with Gasteiger partial charge in [-0.2, -0.15) is 5.26 Å². The first-order valence-electron chi connectivity index (χ1n) is 4.71. The molecule has 1 aromatic carbocycles. The van der Waals surface area contributed by atoms with Crippen LogP contribution in [0.3, 0.4) is 0 Å². The molecule has 1 aliphatic rings. The number of hydrogen-bond donors (Lipinski definition) is 2. The van der Waals surface area contributed by atoms with Crippen LogP contribution in [-0.2, 0) is 0 Å². The van der Waals surface area contributed by atoms with Crippen LogP contribution in [0.2, 0.25) is 0 Å². The van der Waals surface area contributed by atoms with E-state index in [2.05, 4.69) is 18.3 Å². The molecule has 0 radical (unpaired) electrons. The van der Waals surface area contributed by atoms with Crippen molar-refractivity contribution in [2.24, 2.45) is 0 Å². The summed E-state index contributed by atoms with van der Waals surface area (Å²) in [5.74, 6) is 0. The number of nitrogens with zero attached hydrogens (tertiary/aromatic N) is 1. The molecular weight excluding hydrogens is 174 g/mol. The second-order valence-corrected chi connectivity index (χ2v) is 4.10. The number of rotatable bonds is 2. The number of benzene rings is 1. The van der Waals surface area contributed by atoms with Crippen LogP contribution in [-0.4, -0.2) is 5.54 Å². The lowest BCUT2D eigenvalue weighted by Crippen LogP contribution is -2.16. The number of nitrogens with one attached hydrogen (secondary N) is 1. The van der Waals surface area contributed by atoms with E-state index in [-0.39, 0.29) is 5.54 Å². The van der Waals surface area contributed by atoms with Crippen LogP contribution in [0.4, 0.5) is 11.4 Å². The summed E-state index contributed by atoms with van der Waals surface area (Å²) in [5, 5.41) is 12.3. The summed E-state index contributed by atoms with van der Waals surface area (Å²) >= 11 is 0. The van der Waals surface area contributed by atoms with E-state index in [1.165, 1.54) is 12.8 Å². The summed E-state index contributed by atoms with van der Waals surface area (Å²) in [7, 11) is 0. The second kappa shape index (κ2) is 2.91. The molecule has 0 amide bonds. The zero-order valence-electron chi connectivity index (χ0n) is 8.17. The van der Waals surface area contributed by atoms with Crippen molar-refractivity contribution in [1.82, 2.24) is 0 Å². The van der Waals surface area contributed by atoms with Crippen LogP contribution in [0, 0.1) is 11.3 Å². The van der Waals surface area contributed by atoms with E-state index in [0.29, 0.717) is 11.3 Å². The minimum atomic E-state index is 0.196. The standard InChI is InChI=1S/C11H13N3/c1-11(4-5-11)14-10-3-2-9(13)6-8(10)7-12/h2-3,6,14H,4-5,13H2,1H3. The van der Waals surface area contributed by atoms with Crippen molar-refractivity contribution >= 4 is 11.4 Å². The SMILES string of the molecule is CC1(Nc2ccc(N)cc2C#N)CC1. The Balaban J connectivity index is 2.29. The summed E-state index contributed by atoms with van der Waals surface area (Å²) in [5.41, 5.74) is 7.95. The van der Waals surface area contributed by atoms with Crippen molar-refractivity contribution in [3.8, 4) is 6.07 Å². The van der Waals surface area contributed by atoms with Gasteiger partial charge in [0.05, 0.1) is 11.3 Å². The van der Waals surface area contributed by atoms with Crippen molar-refractivity contribution < 1.29 is 0 Å². The fourth-order valence-electron chi connectivity index (χ4n) is 1.40. The largest absolute Gasteiger partial charge is 0.399 e. The minimum absolute atomic E-state index is 0.196. The van der Waals surface area contributed by atoms with Crippen LogP contribution in [0.5, 0.6) is 0 Å². The zero-order chi connectivity index (χ0) is 10.2. The molecule has 3 N–H and O–H groups in total. The van der Waals surface area contributed by atoms with Crippen LogP contribution >= 0.6 is 0 Å². The number of hydrogen-bond acceptors (Lipinski definition) is 3. The van der Waals surface area contributed by atoms with Gasteiger partial charge in [-0.25, -0.2) is 0 Å². The maximum absolute atomic E-state index is 8.91. The fourth-order valence-corrected chi connectivity index (χ4v) is 1.40. The first-order chi connectivity index (χ1) is 6.63. The van der Waals surface area contributed by atoms with Gasteiger partial charge in [-0.05, 0) is 38.0 Å². The smallest absolute Gasteiger partial charge is 0.101 e. The molecule has 0 unspecified atom stereocenters. The number of nitriles is 1. The molecule has 3 nitrogen and oxygen atoms in total. The summed E-state index contributed by atoms with van der Waals surface area (Å²) < 4.78 is 0. The lowest BCUT2D eigenvalue weighted by molar-refractivity contribution is 0.829. The Morgan fingerprint density at radius 2 is 2.21 bits per heavy atom. The number of nitrogen functional groups attached to an aromatic ring is 1. The monoisotopic (exact) mass is 187 g/mol. The maximum Gasteiger partial charge on any atom is 0.101 e. The average molecular weight is 187 g/mol. The van der Waals surface area contributed by atoms with Gasteiger partial charge in [-0.3, -0.25) is 0 Å². The van der Waals surface area contributed by atoms with Gasteiger partial charge >= 0.3 is 0 Å². The molecule has 0 heterocycles. The van der Waals surface area contributed by atoms with Gasteiger partial charge in [0.15, 0.2) is 0 Å². The first kappa shape index (κ1) is 8.89. The van der Waals surface area contributed by atoms with Crippen LogP contribution in [0.1, 0.15) is 25.3 Å². The Morgan fingerprint density at radius 3 is 2.79 bits per heavy atom. The topological polar surface area (TPSA) is 61.8 Å². The predicted octanol–water partition coefficient (Wildman–Crippen LogP) is 2.10. The van der Waals surface area contributed by atoms with Gasteiger partial charge in [-0.15, -0.1) is 0 Å². The van der Waals surface area contributed by atoms with Crippen molar-refractivity contribution in [1.29, 1.82) is 5.26 Å². The Morgan fingerprint density at radius 1 is 1.50 bits per heavy atom. The average Bonchev–Trinajstić information content (AvgIpc) is 2.87. The molecule has 0 spiro atoms. The van der Waals surface area contributed by atoms with E-state index >= 15 is 0 Å². The first-order valence-corrected chi connectivity index (χ1v) is 4.71. The second-order valence-electron chi connectivity index (χ2n) is 4.10. The normalized spacial score (nSPS) is 17.1. The van der Waals surface area contributed by atoms with Gasteiger partial charge < -0.3 is 11.1 Å². The Hall–Kier alpha value is -1.69. The fraction of sp³-hybridized carbons (Fsp3) is 0.364. The lowest BCUT2D eigenvalue weighted by atomic mass is 10.1. The summed E-state index contributed by atoms with van der Waals surface area (Å²) in [6.45, 7) is 2.16. The third kappa shape index (κ3) is 1.64. The molecule has 0 aromatic heterocycles. The maximum atomic E-state index is 8.91. The lowest BCUT2D eigenvalue weighted by Gasteiger charge is -2.14. The molecule has 0 saturated heterocycles. The molecule has 0 aliphatic heterocycles. The molecular formula is C11H13N3. The van der Waals surface area contributed by atoms with Crippen LogP contribution in [0.15, 0.2) is 18.2 Å². The summed E-state index contributed by atoms with van der Waals surface area (Å²) in [4.78, 5) is 0. The molecule has 14 heavy (non-hydrogen) atoms. The zero-order valence-corrected chi connectivity index (χ0v) is 8.17. The van der Waals surface area contributed by atoms with E-state index in [4.69, 9.17) is 11.0 Å². The molecule has 1 aromatic rings. The predicted molar refractivity (Wildman–Crippen MR) is 56.8 cm³/mol. The summed E-state index contributed by atoms with van der Waals surface area (Å²) in [6, 6.07) is 7.53. The summed E-state index contributed by atoms with van der Waals surface area (Å²) in [6.07, 6.45) is 2.34. The highest BCUT2D eigenvalue weighted by Gasteiger charge is 2.37. The number of nitrogens with two attached hydrogens (primary N) is 1. The Kier molecular flexibility index (Phi) is 1.85. The van der Waals surface area contributed by atoms with Crippen molar-refractivity contribution in [2.45, 2.75) is 25.3 Å². The van der Waals surface area contributed by atoms with Crippen LogP contribution < -0.4 is 11.1 Å². The molecule has 3 heteroatoms. The molecule has 1 saturated carbocycles. The Bertz CT molecular complexity index is 399. The minimum Gasteiger partial charge on any atom is -0.399 e. The highest BCUT2D eigenvalue weighted by molar-refractivity contribution is 5.64. The molecule has 72 valence electrons. The van der Waals surface area contributed by atoms with Gasteiger partial charge in [0.2, 0.25) is 0 Å². The highest BCUT2D eigenvalue weighted by Crippen LogP contribution is 2.38. The molecule has 0 atom stereocenters. The Labute approximate surface area is 83.5 Å². The van der Waals surface area contributed by atoms with Gasteiger partial charge in [0, 0.05) is 11.2 Å². The highest BCUT2D eigenvalue weighted by atomic mass is 15.0. The van der Waals surface area contributed by atoms with Crippen molar-refractivity contribution in [3.05, 3.63) is 23.8 Å². The molecule has 2 rings (SSSR count). The van der Waals surface area contributed by atoms with E-state index in [1.807, 2.05) is 12.1 Å². The van der Waals surface area contributed by atoms with Crippen molar-refractivity contribution in [3.63, 3.8) is 0 Å². The third-order valence-corrected chi connectivity index (χ3v) is 2.60. The van der Waals surface area contributed by atoms with E-state index < -0.39 is 0 Å². The van der Waals surface area contributed by atoms with E-state index in [9.17, 15) is 0 Å². The van der Waals surface area contributed by atoms with E-state index in [1.54, 1.807) is 6.07 Å². The molecule has 1 fully saturated rings. The van der Waals surface area contributed by atoms with Gasteiger partial charge in [0.25, 0.3) is 0 Å². The van der Waals surface area contributed by atoms with Crippen molar-refractivity contribution in [2.75, 3.05) is 11.1 Å². The molecule has 1 aliphatic carbocycles. The molecule has 0 bridgehead atoms. The quantitative estimate of drug-likeness (QED) is 0.697. The van der Waals surface area contributed by atoms with Crippen LogP contribution in [0.25, 0.3) is 0 Å². The van der Waals surface area contributed by atoms with Gasteiger partial charge in [0.1, 0.15) is 6.07 Å². The van der Waals surface area contributed by atoms with Gasteiger partial charge in [-0.1, -0.05) is 0 Å². The third-order valence-electron chi connectivity index (χ3n) is 2.60. The number of anilines is 2. The van der Waals surface area contributed by atoms with E-state index in [0.717, 1.165) is 5.69 Å².